The predicted molar refractivity (Wildman–Crippen MR) is 71.8 cm³/mol. The van der Waals surface area contributed by atoms with E-state index in [1.54, 1.807) is 18.2 Å². The van der Waals surface area contributed by atoms with Gasteiger partial charge in [-0.1, -0.05) is 6.07 Å². The molecule has 0 aromatic heterocycles. The number of ether oxygens (including phenoxy) is 2. The third kappa shape index (κ3) is 3.61. The van der Waals surface area contributed by atoms with Crippen molar-refractivity contribution in [2.75, 3.05) is 14.2 Å². The van der Waals surface area contributed by atoms with Gasteiger partial charge < -0.3 is 20.3 Å². The molecule has 0 saturated carbocycles. The summed E-state index contributed by atoms with van der Waals surface area (Å²) in [5.74, 6) is -0.549. The molecule has 1 amide bonds. The normalized spacial score (nSPS) is 11.6. The first-order chi connectivity index (χ1) is 9.40. The molecule has 7 heteroatoms. The number of carboxylic acids is 1. The highest BCUT2D eigenvalue weighted by molar-refractivity contribution is 5.80. The van der Waals surface area contributed by atoms with Crippen LogP contribution in [0.5, 0.6) is 11.5 Å². The number of carbonyl (C=O) groups is 2. The van der Waals surface area contributed by atoms with Gasteiger partial charge in [0.1, 0.15) is 6.04 Å². The third-order valence-electron chi connectivity index (χ3n) is 2.89. The highest BCUT2D eigenvalue weighted by atomic mass is 16.6. The van der Waals surface area contributed by atoms with Crippen molar-refractivity contribution in [1.29, 1.82) is 0 Å². The Hall–Kier alpha value is -2.28. The Balaban J connectivity index is 2.87. The number of benzene rings is 1. The molecule has 1 aromatic rings. The molecule has 0 bridgehead atoms. The van der Waals surface area contributed by atoms with Gasteiger partial charge in [-0.05, 0) is 24.6 Å². The number of rotatable bonds is 5. The minimum Gasteiger partial charge on any atom is -0.493 e. The van der Waals surface area contributed by atoms with Gasteiger partial charge in [0.15, 0.2) is 11.5 Å². The van der Waals surface area contributed by atoms with Crippen LogP contribution in [0.2, 0.25) is 0 Å². The van der Waals surface area contributed by atoms with Crippen LogP contribution < -0.4 is 15.2 Å². The van der Waals surface area contributed by atoms with Gasteiger partial charge >= 0.3 is 12.1 Å². The van der Waals surface area contributed by atoms with E-state index in [2.05, 4.69) is 0 Å². The van der Waals surface area contributed by atoms with E-state index in [9.17, 15) is 9.59 Å². The maximum absolute atomic E-state index is 11.8. The molecule has 0 aliphatic carbocycles. The number of amides is 1. The van der Waals surface area contributed by atoms with Gasteiger partial charge in [0.25, 0.3) is 0 Å². The van der Waals surface area contributed by atoms with Crippen LogP contribution in [0.3, 0.4) is 0 Å². The Morgan fingerprint density at radius 3 is 2.55 bits per heavy atom. The SMILES string of the molecule is COc1cc(CN)ccc1OC(=O)N(C)[C@@H](C)C(=O)O. The van der Waals surface area contributed by atoms with Crippen molar-refractivity contribution in [3.05, 3.63) is 23.8 Å². The lowest BCUT2D eigenvalue weighted by Crippen LogP contribution is -2.41. The quantitative estimate of drug-likeness (QED) is 0.837. The summed E-state index contributed by atoms with van der Waals surface area (Å²) in [5.41, 5.74) is 6.34. The van der Waals surface area contributed by atoms with Crippen LogP contribution >= 0.6 is 0 Å². The molecule has 20 heavy (non-hydrogen) atoms. The molecule has 0 aliphatic heterocycles. The van der Waals surface area contributed by atoms with Crippen LogP contribution in [-0.4, -0.2) is 42.3 Å². The number of aliphatic carboxylic acids is 1. The minimum absolute atomic E-state index is 0.208. The Bertz CT molecular complexity index is 504. The summed E-state index contributed by atoms with van der Waals surface area (Å²) in [6.07, 6.45) is -0.779. The monoisotopic (exact) mass is 282 g/mol. The Morgan fingerprint density at radius 1 is 1.40 bits per heavy atom. The zero-order valence-corrected chi connectivity index (χ0v) is 11.6. The van der Waals surface area contributed by atoms with E-state index < -0.39 is 18.1 Å². The lowest BCUT2D eigenvalue weighted by Gasteiger charge is -2.21. The Labute approximate surface area is 116 Å². The first-order valence-corrected chi connectivity index (χ1v) is 5.95. The summed E-state index contributed by atoms with van der Waals surface area (Å²) < 4.78 is 10.2. The number of likely N-dealkylation sites (N-methyl/N-ethyl adjacent to an activating group) is 1. The Morgan fingerprint density at radius 2 is 2.05 bits per heavy atom. The summed E-state index contributed by atoms with van der Waals surface area (Å²) in [6, 6.07) is 3.92. The van der Waals surface area contributed by atoms with E-state index in [1.807, 2.05) is 0 Å². The molecule has 1 aromatic carbocycles. The molecular formula is C13H18N2O5. The second-order valence-corrected chi connectivity index (χ2v) is 4.18. The van der Waals surface area contributed by atoms with Gasteiger partial charge in [-0.2, -0.15) is 0 Å². The van der Waals surface area contributed by atoms with Gasteiger partial charge in [-0.25, -0.2) is 9.59 Å². The maximum atomic E-state index is 11.8. The average Bonchev–Trinajstić information content (AvgIpc) is 2.45. The van der Waals surface area contributed by atoms with Crippen LogP contribution in [-0.2, 0) is 11.3 Å². The topological polar surface area (TPSA) is 102 Å². The number of methoxy groups -OCH3 is 1. The van der Waals surface area contributed by atoms with Crippen LogP contribution in [0, 0.1) is 0 Å². The van der Waals surface area contributed by atoms with E-state index in [0.29, 0.717) is 12.3 Å². The van der Waals surface area contributed by atoms with E-state index in [4.69, 9.17) is 20.3 Å². The van der Waals surface area contributed by atoms with Crippen molar-refractivity contribution < 1.29 is 24.2 Å². The predicted octanol–water partition coefficient (Wildman–Crippen LogP) is 1.06. The molecule has 0 unspecified atom stereocenters. The van der Waals surface area contributed by atoms with Crippen LogP contribution in [0.4, 0.5) is 4.79 Å². The molecular weight excluding hydrogens is 264 g/mol. The zero-order chi connectivity index (χ0) is 15.3. The Kier molecular flexibility index (Phi) is 5.33. The summed E-state index contributed by atoms with van der Waals surface area (Å²) in [7, 11) is 2.79. The first-order valence-electron chi connectivity index (χ1n) is 5.95. The molecule has 0 heterocycles. The van der Waals surface area contributed by atoms with Gasteiger partial charge in [-0.15, -0.1) is 0 Å². The molecule has 0 spiro atoms. The summed E-state index contributed by atoms with van der Waals surface area (Å²) in [4.78, 5) is 23.6. The standard InChI is InChI=1S/C13H18N2O5/c1-8(12(16)17)15(2)13(18)20-10-5-4-9(7-14)6-11(10)19-3/h4-6,8H,7,14H2,1-3H3,(H,16,17)/t8-/m0/s1. The molecule has 0 radical (unpaired) electrons. The number of nitrogens with zero attached hydrogens (tertiary/aromatic N) is 1. The number of carbonyl (C=O) groups excluding carboxylic acids is 1. The fourth-order valence-electron chi connectivity index (χ4n) is 1.41. The van der Waals surface area contributed by atoms with Crippen molar-refractivity contribution >= 4 is 12.1 Å². The third-order valence-corrected chi connectivity index (χ3v) is 2.89. The van der Waals surface area contributed by atoms with Crippen LogP contribution in [0.25, 0.3) is 0 Å². The van der Waals surface area contributed by atoms with Crippen molar-refractivity contribution in [1.82, 2.24) is 4.90 Å². The minimum atomic E-state index is -1.12. The second kappa shape index (κ2) is 6.76. The fourth-order valence-corrected chi connectivity index (χ4v) is 1.41. The fraction of sp³-hybridized carbons (Fsp3) is 0.385. The lowest BCUT2D eigenvalue weighted by molar-refractivity contribution is -0.141. The smallest absolute Gasteiger partial charge is 0.415 e. The molecule has 110 valence electrons. The number of hydrogen-bond donors (Lipinski definition) is 2. The summed E-state index contributed by atoms with van der Waals surface area (Å²) >= 11 is 0. The van der Waals surface area contributed by atoms with Gasteiger partial charge in [-0.3, -0.25) is 4.90 Å². The van der Waals surface area contributed by atoms with Crippen molar-refractivity contribution in [2.24, 2.45) is 5.73 Å². The van der Waals surface area contributed by atoms with Crippen molar-refractivity contribution in [2.45, 2.75) is 19.5 Å². The summed E-state index contributed by atoms with van der Waals surface area (Å²) in [6.45, 7) is 1.72. The second-order valence-electron chi connectivity index (χ2n) is 4.18. The molecule has 0 saturated heterocycles. The number of carboxylic acid groups (broad SMARTS) is 1. The number of hydrogen-bond acceptors (Lipinski definition) is 5. The highest BCUT2D eigenvalue weighted by Crippen LogP contribution is 2.28. The van der Waals surface area contributed by atoms with Crippen molar-refractivity contribution in [3.8, 4) is 11.5 Å². The number of nitrogens with two attached hydrogens (primary N) is 1. The van der Waals surface area contributed by atoms with Gasteiger partial charge in [0, 0.05) is 13.6 Å². The molecule has 1 rings (SSSR count). The van der Waals surface area contributed by atoms with Crippen LogP contribution in [0.1, 0.15) is 12.5 Å². The zero-order valence-electron chi connectivity index (χ0n) is 11.6. The average molecular weight is 282 g/mol. The highest BCUT2D eigenvalue weighted by Gasteiger charge is 2.24. The molecule has 7 nitrogen and oxygen atoms in total. The van der Waals surface area contributed by atoms with E-state index in [1.165, 1.54) is 21.1 Å². The molecule has 0 fully saturated rings. The van der Waals surface area contributed by atoms with E-state index in [0.717, 1.165) is 10.5 Å². The summed E-state index contributed by atoms with van der Waals surface area (Å²) in [5, 5.41) is 8.85. The molecule has 1 atom stereocenters. The molecule has 3 N–H and O–H groups in total. The largest absolute Gasteiger partial charge is 0.493 e. The first kappa shape index (κ1) is 15.8. The van der Waals surface area contributed by atoms with E-state index >= 15 is 0 Å². The lowest BCUT2D eigenvalue weighted by atomic mass is 10.2. The van der Waals surface area contributed by atoms with Crippen molar-refractivity contribution in [3.63, 3.8) is 0 Å². The van der Waals surface area contributed by atoms with E-state index in [-0.39, 0.29) is 5.75 Å². The van der Waals surface area contributed by atoms with Gasteiger partial charge in [0.2, 0.25) is 0 Å². The van der Waals surface area contributed by atoms with Crippen LogP contribution in [0.15, 0.2) is 18.2 Å². The maximum Gasteiger partial charge on any atom is 0.415 e. The van der Waals surface area contributed by atoms with Gasteiger partial charge in [0.05, 0.1) is 7.11 Å². The molecule has 0 aliphatic rings.